The molecule has 0 saturated heterocycles. The minimum atomic E-state index is -1.25. The molecule has 0 unspecified atom stereocenters. The number of aromatic nitrogens is 3. The Morgan fingerprint density at radius 1 is 1.23 bits per heavy atom. The van der Waals surface area contributed by atoms with Crippen LogP contribution < -0.4 is 5.32 Å². The van der Waals surface area contributed by atoms with Crippen LogP contribution in [0.3, 0.4) is 0 Å². The molecule has 4 aromatic rings. The molecule has 0 radical (unpaired) electrons. The van der Waals surface area contributed by atoms with Gasteiger partial charge >= 0.3 is 5.97 Å². The number of hydrogen-bond acceptors (Lipinski definition) is 8. The first-order chi connectivity index (χ1) is 15.1. The Hall–Kier alpha value is -3.40. The van der Waals surface area contributed by atoms with Crippen LogP contribution in [0.15, 0.2) is 59.7 Å². The first kappa shape index (κ1) is 20.9. The zero-order chi connectivity index (χ0) is 21.8. The largest absolute Gasteiger partial charge is 0.480 e. The zero-order valence-corrected chi connectivity index (χ0v) is 17.5. The van der Waals surface area contributed by atoms with Gasteiger partial charge < -0.3 is 15.5 Å². The Morgan fingerprint density at radius 2 is 2.03 bits per heavy atom. The van der Waals surface area contributed by atoms with Crippen molar-refractivity contribution in [2.75, 3.05) is 11.9 Å². The van der Waals surface area contributed by atoms with Gasteiger partial charge in [-0.25, -0.2) is 14.8 Å². The number of hydrogen-bond donors (Lipinski definition) is 3. The highest BCUT2D eigenvalue weighted by Gasteiger charge is 2.15. The maximum Gasteiger partial charge on any atom is 0.330 e. The van der Waals surface area contributed by atoms with Crippen LogP contribution >= 0.6 is 23.1 Å². The van der Waals surface area contributed by atoms with Crippen LogP contribution in [0.5, 0.6) is 0 Å². The summed E-state index contributed by atoms with van der Waals surface area (Å²) in [6.45, 7) is -0.607. The average Bonchev–Trinajstić information content (AvgIpc) is 3.18. The van der Waals surface area contributed by atoms with Crippen molar-refractivity contribution in [1.82, 2.24) is 14.3 Å². The minimum absolute atomic E-state index is 0.347. The van der Waals surface area contributed by atoms with Gasteiger partial charge in [-0.15, -0.1) is 0 Å². The topological polar surface area (TPSA) is 121 Å². The number of nitrogens with one attached hydrogen (secondary N) is 1. The second-order valence-electron chi connectivity index (χ2n) is 6.45. The van der Waals surface area contributed by atoms with E-state index >= 15 is 0 Å². The molecule has 1 atom stereocenters. The van der Waals surface area contributed by atoms with Gasteiger partial charge in [-0.3, -0.25) is 4.99 Å². The minimum Gasteiger partial charge on any atom is -0.480 e. The van der Waals surface area contributed by atoms with Crippen molar-refractivity contribution in [3.63, 3.8) is 0 Å². The summed E-state index contributed by atoms with van der Waals surface area (Å²) in [6, 6.07) is 14.2. The number of benzene rings is 2. The number of aliphatic imine (C=N–C) groups is 1. The lowest BCUT2D eigenvalue weighted by molar-refractivity contribution is -0.139. The van der Waals surface area contributed by atoms with Crippen molar-refractivity contribution in [3.05, 3.63) is 65.4 Å². The van der Waals surface area contributed by atoms with Crippen LogP contribution in [0.4, 0.5) is 11.5 Å². The second-order valence-corrected chi connectivity index (χ2v) is 7.58. The predicted molar refractivity (Wildman–Crippen MR) is 121 cm³/mol. The van der Waals surface area contributed by atoms with E-state index in [9.17, 15) is 4.79 Å². The number of aliphatic carboxylic acids is 1. The van der Waals surface area contributed by atoms with E-state index in [0.29, 0.717) is 32.6 Å². The molecule has 0 amide bonds. The highest BCUT2D eigenvalue weighted by atomic mass is 35.5. The molecule has 3 N–H and O–H groups in total. The fraction of sp³-hybridized carbons (Fsp3) is 0.0952. The van der Waals surface area contributed by atoms with Crippen LogP contribution in [0.1, 0.15) is 5.69 Å². The maximum absolute atomic E-state index is 11.0. The van der Waals surface area contributed by atoms with Crippen molar-refractivity contribution >= 4 is 57.2 Å². The smallest absolute Gasteiger partial charge is 0.330 e. The van der Waals surface area contributed by atoms with Gasteiger partial charge in [0.2, 0.25) is 0 Å². The molecular weight excluding hydrogens is 438 g/mol. The molecule has 0 saturated carbocycles. The fourth-order valence-corrected chi connectivity index (χ4v) is 3.76. The molecule has 2 aromatic carbocycles. The molecule has 0 bridgehead atoms. The highest BCUT2D eigenvalue weighted by Crippen LogP contribution is 2.36. The third kappa shape index (κ3) is 4.53. The summed E-state index contributed by atoms with van der Waals surface area (Å²) >= 11 is 7.82. The summed E-state index contributed by atoms with van der Waals surface area (Å²) in [5.41, 5.74) is 3.40. The van der Waals surface area contributed by atoms with E-state index in [-0.39, 0.29) is 0 Å². The number of halogens is 1. The molecule has 0 aliphatic rings. The van der Waals surface area contributed by atoms with Gasteiger partial charge in [-0.1, -0.05) is 54.1 Å². The van der Waals surface area contributed by atoms with Crippen molar-refractivity contribution in [2.45, 2.75) is 6.04 Å². The van der Waals surface area contributed by atoms with Crippen LogP contribution in [0.25, 0.3) is 21.5 Å². The lowest BCUT2D eigenvalue weighted by Crippen LogP contribution is -2.22. The Balaban J connectivity index is 1.65. The molecule has 156 valence electrons. The van der Waals surface area contributed by atoms with Gasteiger partial charge in [0.15, 0.2) is 16.7 Å². The first-order valence-electron chi connectivity index (χ1n) is 9.17. The van der Waals surface area contributed by atoms with Crippen molar-refractivity contribution in [1.29, 1.82) is 0 Å². The van der Waals surface area contributed by atoms with Gasteiger partial charge in [0.1, 0.15) is 11.2 Å². The summed E-state index contributed by atoms with van der Waals surface area (Å²) in [6.07, 6.45) is 2.74. The Labute approximate surface area is 186 Å². The SMILES string of the molecule is O=C(O)[C@H](CO)N=Cc1cnc2snc(Nc3cccc(-c4ccccc4)c3Cl)c2n1. The van der Waals surface area contributed by atoms with E-state index in [0.717, 1.165) is 11.1 Å². The number of anilines is 2. The van der Waals surface area contributed by atoms with E-state index in [4.69, 9.17) is 21.8 Å². The Kier molecular flexibility index (Phi) is 6.17. The van der Waals surface area contributed by atoms with Gasteiger partial charge in [-0.2, -0.15) is 4.37 Å². The van der Waals surface area contributed by atoms with Gasteiger partial charge in [0.05, 0.1) is 23.5 Å². The molecule has 2 heterocycles. The van der Waals surface area contributed by atoms with Gasteiger partial charge in [0.25, 0.3) is 0 Å². The summed E-state index contributed by atoms with van der Waals surface area (Å²) in [7, 11) is 0. The average molecular weight is 454 g/mol. The van der Waals surface area contributed by atoms with Crippen LogP contribution in [-0.4, -0.2) is 49.4 Å². The standard InChI is InChI=1S/C21H16ClN5O3S/c22-17-14(12-5-2-1-3-6-12)7-4-8-15(17)26-19-18-20(31-27-19)24-10-13(25-18)9-23-16(11-28)21(29)30/h1-10,16,28H,11H2,(H,26,27)(H,29,30)/t16-/m0/s1. The third-order valence-electron chi connectivity index (χ3n) is 4.39. The summed E-state index contributed by atoms with van der Waals surface area (Å²) in [5, 5.41) is 21.8. The number of aliphatic hydroxyl groups is 1. The van der Waals surface area contributed by atoms with Crippen LogP contribution in [-0.2, 0) is 4.79 Å². The van der Waals surface area contributed by atoms with E-state index in [2.05, 4.69) is 24.7 Å². The number of rotatable bonds is 7. The number of carbonyl (C=O) groups is 1. The van der Waals surface area contributed by atoms with E-state index in [1.807, 2.05) is 48.5 Å². The summed E-state index contributed by atoms with van der Waals surface area (Å²) < 4.78 is 4.38. The monoisotopic (exact) mass is 453 g/mol. The number of fused-ring (bicyclic) bond motifs is 1. The number of carboxylic acid groups (broad SMARTS) is 1. The molecule has 0 aliphatic carbocycles. The molecule has 0 fully saturated rings. The molecule has 0 spiro atoms. The maximum atomic E-state index is 11.0. The third-order valence-corrected chi connectivity index (χ3v) is 5.54. The Bertz CT molecular complexity index is 1260. The molecule has 8 nitrogen and oxygen atoms in total. The van der Waals surface area contributed by atoms with Gasteiger partial charge in [-0.05, 0) is 23.2 Å². The molecule has 2 aromatic heterocycles. The normalized spacial score (nSPS) is 12.3. The number of aliphatic hydroxyl groups excluding tert-OH is 1. The second kappa shape index (κ2) is 9.17. The van der Waals surface area contributed by atoms with Crippen LogP contribution in [0, 0.1) is 0 Å². The summed E-state index contributed by atoms with van der Waals surface area (Å²) in [4.78, 5) is 24.2. The molecule has 4 rings (SSSR count). The van der Waals surface area contributed by atoms with E-state index < -0.39 is 18.6 Å². The zero-order valence-electron chi connectivity index (χ0n) is 15.9. The van der Waals surface area contributed by atoms with Crippen LogP contribution in [0.2, 0.25) is 5.02 Å². The molecule has 0 aliphatic heterocycles. The quantitative estimate of drug-likeness (QED) is 0.361. The predicted octanol–water partition coefficient (Wildman–Crippen LogP) is 4.01. The highest BCUT2D eigenvalue weighted by molar-refractivity contribution is 7.13. The molecule has 31 heavy (non-hydrogen) atoms. The van der Waals surface area contributed by atoms with Gasteiger partial charge in [0, 0.05) is 11.8 Å². The molecular formula is C21H16ClN5O3S. The van der Waals surface area contributed by atoms with E-state index in [1.54, 1.807) is 0 Å². The number of carboxylic acids is 1. The fourth-order valence-electron chi connectivity index (χ4n) is 2.84. The number of nitrogens with zero attached hydrogens (tertiary/aromatic N) is 4. The Morgan fingerprint density at radius 3 is 2.77 bits per heavy atom. The van der Waals surface area contributed by atoms with Crippen molar-refractivity contribution in [2.24, 2.45) is 4.99 Å². The van der Waals surface area contributed by atoms with Crippen molar-refractivity contribution in [3.8, 4) is 11.1 Å². The lowest BCUT2D eigenvalue weighted by Gasteiger charge is -2.11. The molecule has 10 heteroatoms. The summed E-state index contributed by atoms with van der Waals surface area (Å²) in [5.74, 6) is -0.743. The first-order valence-corrected chi connectivity index (χ1v) is 10.3. The van der Waals surface area contributed by atoms with Crippen molar-refractivity contribution < 1.29 is 15.0 Å². The lowest BCUT2D eigenvalue weighted by atomic mass is 10.1. The van der Waals surface area contributed by atoms with E-state index in [1.165, 1.54) is 23.9 Å².